The number of ether oxygens (including phenoxy) is 2. The minimum Gasteiger partial charge on any atom is -0.464 e. The van der Waals surface area contributed by atoms with Gasteiger partial charge in [0, 0.05) is 16.7 Å². The molecule has 0 aliphatic heterocycles. The van der Waals surface area contributed by atoms with Crippen LogP contribution in [0.3, 0.4) is 0 Å². The van der Waals surface area contributed by atoms with E-state index < -0.39 is 28.5 Å². The SMILES string of the molecule is CCCC(C)(C)CC[C@@](C)(CCC(C)(C)[C@]1(C)CC[C@H]2[C@H](C)C(=O)C(C#N)=C[C@]2(C)/C1=C/C(C)=O)COC(=O)CNC(=O)OC(C)(C)C. The Morgan fingerprint density at radius 1 is 1.02 bits per heavy atom. The first kappa shape index (κ1) is 41.2. The summed E-state index contributed by atoms with van der Waals surface area (Å²) >= 11 is 0. The highest BCUT2D eigenvalue weighted by Gasteiger charge is 2.58. The van der Waals surface area contributed by atoms with E-state index in [4.69, 9.17) is 9.47 Å². The van der Waals surface area contributed by atoms with E-state index in [0.717, 1.165) is 56.9 Å². The summed E-state index contributed by atoms with van der Waals surface area (Å²) < 4.78 is 11.1. The molecule has 0 radical (unpaired) electrons. The smallest absolute Gasteiger partial charge is 0.408 e. The highest BCUT2D eigenvalue weighted by Crippen LogP contribution is 2.65. The van der Waals surface area contributed by atoms with E-state index in [-0.39, 0.29) is 58.4 Å². The van der Waals surface area contributed by atoms with Crippen molar-refractivity contribution < 1.29 is 28.7 Å². The van der Waals surface area contributed by atoms with Crippen molar-refractivity contribution in [1.82, 2.24) is 5.32 Å². The van der Waals surface area contributed by atoms with Crippen molar-refractivity contribution >= 4 is 23.6 Å². The molecule has 1 N–H and O–H groups in total. The third kappa shape index (κ3) is 10.0. The molecule has 2 aliphatic carbocycles. The number of nitrogens with zero attached hydrogens (tertiary/aromatic N) is 1. The highest BCUT2D eigenvalue weighted by molar-refractivity contribution is 6.02. The zero-order valence-corrected chi connectivity index (χ0v) is 32.3. The van der Waals surface area contributed by atoms with Crippen molar-refractivity contribution in [1.29, 1.82) is 5.26 Å². The first-order valence-corrected chi connectivity index (χ1v) is 17.9. The number of nitrogens with one attached hydrogen (secondary N) is 1. The first-order chi connectivity index (χ1) is 21.9. The number of fused-ring (bicyclic) bond motifs is 1. The Balaban J connectivity index is 2.38. The predicted molar refractivity (Wildman–Crippen MR) is 190 cm³/mol. The molecule has 8 heteroatoms. The molecule has 0 aromatic rings. The maximum absolute atomic E-state index is 13.0. The number of nitriles is 1. The second kappa shape index (κ2) is 15.3. The molecule has 0 heterocycles. The summed E-state index contributed by atoms with van der Waals surface area (Å²) in [6.45, 7) is 26.6. The molecular formula is C40H64N2O6. The van der Waals surface area contributed by atoms with E-state index in [1.165, 1.54) is 0 Å². The molecule has 0 spiro atoms. The number of hydrogen-bond donors (Lipinski definition) is 1. The summed E-state index contributed by atoms with van der Waals surface area (Å²) in [5.74, 6) is -0.948. The van der Waals surface area contributed by atoms with Crippen LogP contribution in [0.2, 0.25) is 0 Å². The Hall–Kier alpha value is -2.95. The average Bonchev–Trinajstić information content (AvgIpc) is 2.96. The molecule has 8 nitrogen and oxygen atoms in total. The van der Waals surface area contributed by atoms with Crippen LogP contribution >= 0.6 is 0 Å². The quantitative estimate of drug-likeness (QED) is 0.145. The predicted octanol–water partition coefficient (Wildman–Crippen LogP) is 9.08. The summed E-state index contributed by atoms with van der Waals surface area (Å²) in [6.07, 6.45) is 10.2. The lowest BCUT2D eigenvalue weighted by atomic mass is 9.44. The van der Waals surface area contributed by atoms with Crippen molar-refractivity contribution in [2.24, 2.45) is 38.9 Å². The topological polar surface area (TPSA) is 123 Å². The van der Waals surface area contributed by atoms with Gasteiger partial charge in [0.15, 0.2) is 11.6 Å². The van der Waals surface area contributed by atoms with E-state index >= 15 is 0 Å². The molecule has 0 saturated heterocycles. The van der Waals surface area contributed by atoms with E-state index in [0.29, 0.717) is 0 Å². The van der Waals surface area contributed by atoms with Crippen LogP contribution in [0.25, 0.3) is 0 Å². The van der Waals surface area contributed by atoms with Crippen LogP contribution in [0.1, 0.15) is 141 Å². The fourth-order valence-corrected chi connectivity index (χ4v) is 8.10. The maximum atomic E-state index is 13.0. The van der Waals surface area contributed by atoms with Gasteiger partial charge in [-0.15, -0.1) is 0 Å². The number of carbonyl (C=O) groups is 4. The van der Waals surface area contributed by atoms with Crippen molar-refractivity contribution in [2.75, 3.05) is 13.2 Å². The van der Waals surface area contributed by atoms with Gasteiger partial charge in [-0.3, -0.25) is 14.4 Å². The molecule has 0 aromatic heterocycles. The summed E-state index contributed by atoms with van der Waals surface area (Å²) in [5.41, 5.74) is -0.941. The lowest BCUT2D eigenvalue weighted by Gasteiger charge is -2.59. The van der Waals surface area contributed by atoms with Gasteiger partial charge in [-0.05, 0) is 101 Å². The van der Waals surface area contributed by atoms with E-state index in [9.17, 15) is 24.4 Å². The van der Waals surface area contributed by atoms with Gasteiger partial charge < -0.3 is 14.8 Å². The Labute approximate surface area is 290 Å². The van der Waals surface area contributed by atoms with Crippen LogP contribution in [-0.4, -0.2) is 42.4 Å². The number of esters is 1. The summed E-state index contributed by atoms with van der Waals surface area (Å²) in [4.78, 5) is 50.7. The fraction of sp³-hybridized carbons (Fsp3) is 0.775. The molecule has 2 rings (SSSR count). The lowest BCUT2D eigenvalue weighted by Crippen LogP contribution is -2.52. The third-order valence-electron chi connectivity index (χ3n) is 11.6. The molecule has 1 amide bonds. The fourth-order valence-electron chi connectivity index (χ4n) is 8.10. The summed E-state index contributed by atoms with van der Waals surface area (Å²) in [6, 6.07) is 2.14. The molecule has 48 heavy (non-hydrogen) atoms. The number of hydrogen-bond acceptors (Lipinski definition) is 7. The molecule has 0 aromatic carbocycles. The van der Waals surface area contributed by atoms with Crippen LogP contribution in [0, 0.1) is 50.2 Å². The van der Waals surface area contributed by atoms with Crippen molar-refractivity contribution in [2.45, 2.75) is 147 Å². The van der Waals surface area contributed by atoms with Gasteiger partial charge in [0.05, 0.1) is 12.2 Å². The molecular weight excluding hydrogens is 604 g/mol. The normalized spacial score (nSPS) is 26.9. The number of Topliss-reactive ketones (excluding diaryl/α,β-unsaturated/α-hetero) is 1. The molecule has 0 unspecified atom stereocenters. The number of ketones is 2. The Morgan fingerprint density at radius 3 is 2.17 bits per heavy atom. The highest BCUT2D eigenvalue weighted by atomic mass is 16.6. The number of allylic oxidation sites excluding steroid dienone is 4. The molecule has 270 valence electrons. The Morgan fingerprint density at radius 2 is 1.62 bits per heavy atom. The molecule has 2 aliphatic rings. The number of rotatable bonds is 14. The van der Waals surface area contributed by atoms with Crippen LogP contribution in [0.5, 0.6) is 0 Å². The summed E-state index contributed by atoms with van der Waals surface area (Å²) in [7, 11) is 0. The molecule has 5 atom stereocenters. The van der Waals surface area contributed by atoms with Gasteiger partial charge in [0.2, 0.25) is 0 Å². The number of alkyl carbamates (subject to hydrolysis) is 1. The van der Waals surface area contributed by atoms with Gasteiger partial charge in [0.1, 0.15) is 18.2 Å². The van der Waals surface area contributed by atoms with Gasteiger partial charge in [-0.25, -0.2) is 4.79 Å². The van der Waals surface area contributed by atoms with Gasteiger partial charge in [0.25, 0.3) is 0 Å². The molecule has 1 saturated carbocycles. The summed E-state index contributed by atoms with van der Waals surface area (Å²) in [5, 5.41) is 12.4. The van der Waals surface area contributed by atoms with E-state index in [2.05, 4.69) is 66.8 Å². The van der Waals surface area contributed by atoms with Crippen molar-refractivity contribution in [3.05, 3.63) is 23.3 Å². The standard InChI is InChI=1S/C40H64N2O6/c1-14-16-36(7,8)18-20-38(11,26-47-32(44)25-42-34(46)48-35(4,5)6)21-19-37(9,10)40(13)17-15-30-28(3)33(45)29(24-41)23-39(30,12)31(40)22-27(2)43/h22-23,28,30H,14-21,25-26H2,1-13H3,(H,42,46)/b31-22-/t28-,30-,38-,39-,40+/m0/s1. The number of amides is 1. The number of carbonyl (C=O) groups excluding carboxylic acids is 4. The first-order valence-electron chi connectivity index (χ1n) is 17.9. The van der Waals surface area contributed by atoms with E-state index in [1.807, 2.05) is 13.0 Å². The average molecular weight is 669 g/mol. The third-order valence-corrected chi connectivity index (χ3v) is 11.6. The minimum atomic E-state index is -0.668. The zero-order valence-electron chi connectivity index (χ0n) is 32.3. The minimum absolute atomic E-state index is 0.0105. The zero-order chi connectivity index (χ0) is 36.9. The largest absolute Gasteiger partial charge is 0.464 e. The lowest BCUT2D eigenvalue weighted by molar-refractivity contribution is -0.146. The Bertz CT molecular complexity index is 1330. The maximum Gasteiger partial charge on any atom is 0.408 e. The second-order valence-electron chi connectivity index (χ2n) is 17.9. The monoisotopic (exact) mass is 668 g/mol. The van der Waals surface area contributed by atoms with Gasteiger partial charge in [-0.2, -0.15) is 5.26 Å². The van der Waals surface area contributed by atoms with Crippen LogP contribution in [-0.2, 0) is 23.9 Å². The molecule has 1 fully saturated rings. The van der Waals surface area contributed by atoms with Crippen LogP contribution in [0.4, 0.5) is 4.79 Å². The molecule has 0 bridgehead atoms. The van der Waals surface area contributed by atoms with E-state index in [1.54, 1.807) is 33.8 Å². The van der Waals surface area contributed by atoms with Crippen molar-refractivity contribution in [3.63, 3.8) is 0 Å². The van der Waals surface area contributed by atoms with Crippen LogP contribution < -0.4 is 5.32 Å². The van der Waals surface area contributed by atoms with Crippen molar-refractivity contribution in [3.8, 4) is 6.07 Å². The van der Waals surface area contributed by atoms with Gasteiger partial charge in [-0.1, -0.05) is 80.4 Å². The van der Waals surface area contributed by atoms with Crippen LogP contribution in [0.15, 0.2) is 23.3 Å². The Kier molecular flexibility index (Phi) is 13.1. The van der Waals surface area contributed by atoms with Gasteiger partial charge >= 0.3 is 12.1 Å². The second-order valence-corrected chi connectivity index (χ2v) is 17.9.